The van der Waals surface area contributed by atoms with Crippen molar-refractivity contribution < 1.29 is 18.0 Å². The lowest BCUT2D eigenvalue weighted by Crippen LogP contribution is -2.58. The summed E-state index contributed by atoms with van der Waals surface area (Å²) in [6.45, 7) is 5.28. The number of likely N-dealkylation sites (N-methyl/N-ethyl adjacent to an activating group) is 1. The van der Waals surface area contributed by atoms with Crippen molar-refractivity contribution in [1.82, 2.24) is 23.7 Å². The van der Waals surface area contributed by atoms with Crippen molar-refractivity contribution in [2.45, 2.75) is 51.7 Å². The van der Waals surface area contributed by atoms with E-state index in [1.807, 2.05) is 20.0 Å². The molecule has 1 aromatic heterocycles. The first-order chi connectivity index (χ1) is 13.1. The summed E-state index contributed by atoms with van der Waals surface area (Å²) in [5.41, 5.74) is 6.88. The van der Waals surface area contributed by atoms with Crippen molar-refractivity contribution in [2.75, 3.05) is 20.1 Å². The van der Waals surface area contributed by atoms with E-state index in [-0.39, 0.29) is 17.7 Å². The zero-order valence-corrected chi connectivity index (χ0v) is 17.3. The Bertz CT molecular complexity index is 859. The lowest BCUT2D eigenvalue weighted by molar-refractivity contribution is -0.138. The average Bonchev–Trinajstić information content (AvgIpc) is 3.04. The van der Waals surface area contributed by atoms with Crippen LogP contribution in [-0.4, -0.2) is 65.4 Å². The zero-order valence-electron chi connectivity index (χ0n) is 16.5. The van der Waals surface area contributed by atoms with Crippen molar-refractivity contribution >= 4 is 22.0 Å². The van der Waals surface area contributed by atoms with Gasteiger partial charge >= 0.3 is 0 Å². The molecule has 2 aliphatic heterocycles. The van der Waals surface area contributed by atoms with Gasteiger partial charge in [-0.2, -0.15) is 22.5 Å². The maximum Gasteiger partial charge on any atom is 0.280 e. The Balaban J connectivity index is 1.80. The van der Waals surface area contributed by atoms with E-state index in [9.17, 15) is 18.0 Å². The molecule has 28 heavy (non-hydrogen) atoms. The topological polar surface area (TPSA) is 131 Å². The van der Waals surface area contributed by atoms with Gasteiger partial charge in [0.25, 0.3) is 10.2 Å². The number of hydrogen-bond donors (Lipinski definition) is 2. The molecule has 0 radical (unpaired) electrons. The number of likely N-dealkylation sites (tertiary alicyclic amines) is 1. The van der Waals surface area contributed by atoms with E-state index in [4.69, 9.17) is 5.73 Å². The van der Waals surface area contributed by atoms with Crippen LogP contribution in [0.2, 0.25) is 0 Å². The van der Waals surface area contributed by atoms with Crippen LogP contribution in [0, 0.1) is 12.8 Å². The van der Waals surface area contributed by atoms with E-state index in [0.29, 0.717) is 38.9 Å². The Morgan fingerprint density at radius 1 is 1.32 bits per heavy atom. The van der Waals surface area contributed by atoms with Crippen LogP contribution in [0.1, 0.15) is 43.5 Å². The van der Waals surface area contributed by atoms with Gasteiger partial charge in [-0.05, 0) is 33.1 Å². The third kappa shape index (κ3) is 3.91. The van der Waals surface area contributed by atoms with Gasteiger partial charge in [0, 0.05) is 44.4 Å². The third-order valence-corrected chi connectivity index (χ3v) is 7.34. The summed E-state index contributed by atoms with van der Waals surface area (Å²) in [7, 11) is -2.39. The van der Waals surface area contributed by atoms with Crippen molar-refractivity contribution in [3.05, 3.63) is 17.5 Å². The van der Waals surface area contributed by atoms with Gasteiger partial charge in [-0.3, -0.25) is 14.3 Å². The lowest BCUT2D eigenvalue weighted by atomic mass is 9.94. The number of aromatic nitrogens is 2. The van der Waals surface area contributed by atoms with Crippen molar-refractivity contribution in [3.8, 4) is 0 Å². The zero-order chi connectivity index (χ0) is 20.6. The summed E-state index contributed by atoms with van der Waals surface area (Å²) in [6, 6.07) is -1.32. The molecule has 0 unspecified atom stereocenters. The molecule has 2 saturated heterocycles. The molecular weight excluding hydrogens is 384 g/mol. The van der Waals surface area contributed by atoms with Gasteiger partial charge in [0.05, 0.1) is 11.7 Å². The van der Waals surface area contributed by atoms with Crippen LogP contribution >= 0.6 is 0 Å². The standard InChI is InChI=1S/C17H28N6O4S/c1-4-23-10-13(11(2)19-23)14-9-15(21(3)28(26,27)20-14)17(25)22-7-5-12(6-8-22)16(18)24/h10,12,14-15,20H,4-9H2,1-3H3,(H2,18,24)/t14-,15-/m1/s1. The molecule has 3 rings (SSSR count). The number of nitrogens with two attached hydrogens (primary N) is 1. The van der Waals surface area contributed by atoms with Crippen LogP contribution in [0.25, 0.3) is 0 Å². The number of amides is 2. The first-order valence-electron chi connectivity index (χ1n) is 9.51. The summed E-state index contributed by atoms with van der Waals surface area (Å²) < 4.78 is 30.8. The quantitative estimate of drug-likeness (QED) is 0.689. The molecule has 0 spiro atoms. The van der Waals surface area contributed by atoms with Crippen LogP contribution in [0.4, 0.5) is 0 Å². The maximum atomic E-state index is 13.1. The molecule has 0 bridgehead atoms. The van der Waals surface area contributed by atoms with E-state index in [2.05, 4.69) is 9.82 Å². The van der Waals surface area contributed by atoms with Gasteiger partial charge < -0.3 is 10.6 Å². The Morgan fingerprint density at radius 2 is 1.96 bits per heavy atom. The van der Waals surface area contributed by atoms with Crippen LogP contribution in [0.15, 0.2) is 6.20 Å². The Labute approximate surface area is 165 Å². The largest absolute Gasteiger partial charge is 0.369 e. The summed E-state index contributed by atoms with van der Waals surface area (Å²) >= 11 is 0. The Hall–Kier alpha value is -1.98. The smallest absolute Gasteiger partial charge is 0.280 e. The van der Waals surface area contributed by atoms with Gasteiger partial charge in [-0.15, -0.1) is 0 Å². The Kier molecular flexibility index (Phi) is 5.78. The van der Waals surface area contributed by atoms with Crippen molar-refractivity contribution in [2.24, 2.45) is 11.7 Å². The number of carbonyl (C=O) groups excluding carboxylic acids is 2. The van der Waals surface area contributed by atoms with Gasteiger partial charge in [0.2, 0.25) is 11.8 Å². The third-order valence-electron chi connectivity index (χ3n) is 5.75. The number of nitrogens with one attached hydrogen (secondary N) is 1. The second kappa shape index (κ2) is 7.80. The van der Waals surface area contributed by atoms with Crippen molar-refractivity contribution in [3.63, 3.8) is 0 Å². The van der Waals surface area contributed by atoms with Crippen LogP contribution in [0.3, 0.4) is 0 Å². The summed E-state index contributed by atoms with van der Waals surface area (Å²) in [5.74, 6) is -0.813. The van der Waals surface area contributed by atoms with Crippen LogP contribution < -0.4 is 10.5 Å². The highest BCUT2D eigenvalue weighted by molar-refractivity contribution is 7.87. The van der Waals surface area contributed by atoms with E-state index in [1.54, 1.807) is 9.58 Å². The fourth-order valence-corrected chi connectivity index (χ4v) is 5.19. The molecule has 2 amide bonds. The number of piperidine rings is 1. The fourth-order valence-electron chi connectivity index (χ4n) is 3.93. The summed E-state index contributed by atoms with van der Waals surface area (Å²) in [5, 5.41) is 4.38. The van der Waals surface area contributed by atoms with E-state index >= 15 is 0 Å². The van der Waals surface area contributed by atoms with Gasteiger partial charge in [-0.1, -0.05) is 0 Å². The highest BCUT2D eigenvalue weighted by atomic mass is 32.2. The average molecular weight is 413 g/mol. The second-order valence-corrected chi connectivity index (χ2v) is 9.23. The predicted octanol–water partition coefficient (Wildman–Crippen LogP) is -0.485. The highest BCUT2D eigenvalue weighted by Crippen LogP contribution is 2.31. The summed E-state index contributed by atoms with van der Waals surface area (Å²) in [4.78, 5) is 26.1. The first-order valence-corrected chi connectivity index (χ1v) is 11.0. The van der Waals surface area contributed by atoms with E-state index < -0.39 is 22.3 Å². The number of rotatable bonds is 4. The molecule has 2 fully saturated rings. The van der Waals surface area contributed by atoms with E-state index in [1.165, 1.54) is 7.05 Å². The van der Waals surface area contributed by atoms with Crippen molar-refractivity contribution in [1.29, 1.82) is 0 Å². The molecule has 10 nitrogen and oxygen atoms in total. The molecule has 0 aliphatic carbocycles. The molecule has 3 heterocycles. The second-order valence-electron chi connectivity index (χ2n) is 7.47. The monoisotopic (exact) mass is 412 g/mol. The SMILES string of the molecule is CCn1cc([C@H]2C[C@H](C(=O)N3CCC(C(N)=O)CC3)N(C)S(=O)(=O)N2)c(C)n1. The minimum Gasteiger partial charge on any atom is -0.369 e. The van der Waals surface area contributed by atoms with Crippen LogP contribution in [0.5, 0.6) is 0 Å². The number of carbonyl (C=O) groups is 2. The fraction of sp³-hybridized carbons (Fsp3) is 0.706. The molecule has 1 aromatic rings. The van der Waals surface area contributed by atoms with Gasteiger partial charge in [0.15, 0.2) is 0 Å². The molecule has 0 saturated carbocycles. The molecule has 0 aromatic carbocycles. The molecule has 2 aliphatic rings. The molecule has 156 valence electrons. The lowest BCUT2D eigenvalue weighted by Gasteiger charge is -2.40. The van der Waals surface area contributed by atoms with Gasteiger partial charge in [0.1, 0.15) is 6.04 Å². The molecular formula is C17H28N6O4S. The Morgan fingerprint density at radius 3 is 2.50 bits per heavy atom. The number of aryl methyl sites for hydroxylation is 2. The number of nitrogens with zero attached hydrogens (tertiary/aromatic N) is 4. The normalized spacial score (nSPS) is 26.3. The highest BCUT2D eigenvalue weighted by Gasteiger charge is 2.43. The molecule has 11 heteroatoms. The minimum atomic E-state index is -3.81. The summed E-state index contributed by atoms with van der Waals surface area (Å²) in [6.07, 6.45) is 3.16. The van der Waals surface area contributed by atoms with E-state index in [0.717, 1.165) is 15.6 Å². The maximum absolute atomic E-state index is 13.1. The molecule has 3 N–H and O–H groups in total. The predicted molar refractivity (Wildman–Crippen MR) is 102 cm³/mol. The van der Waals surface area contributed by atoms with Crippen LogP contribution in [-0.2, 0) is 26.3 Å². The first kappa shape index (κ1) is 20.7. The minimum absolute atomic E-state index is 0.228. The number of primary amides is 1. The van der Waals surface area contributed by atoms with Gasteiger partial charge in [-0.25, -0.2) is 0 Å². The molecule has 2 atom stereocenters. The number of hydrogen-bond acceptors (Lipinski definition) is 5.